The van der Waals surface area contributed by atoms with Crippen LogP contribution in [0, 0.1) is 12.7 Å². The summed E-state index contributed by atoms with van der Waals surface area (Å²) in [6, 6.07) is 4.91. The van der Waals surface area contributed by atoms with E-state index in [2.05, 4.69) is 15.3 Å². The lowest BCUT2D eigenvalue weighted by atomic mass is 10.2. The molecule has 3 rings (SSSR count). The van der Waals surface area contributed by atoms with Crippen LogP contribution in [-0.2, 0) is 6.54 Å². The number of halogens is 4. The van der Waals surface area contributed by atoms with Crippen LogP contribution in [0.5, 0.6) is 0 Å². The van der Waals surface area contributed by atoms with E-state index in [1.165, 1.54) is 12.4 Å². The second-order valence-electron chi connectivity index (χ2n) is 5.01. The van der Waals surface area contributed by atoms with Crippen LogP contribution in [0.1, 0.15) is 5.69 Å². The molecule has 4 nitrogen and oxygen atoms in total. The molecule has 0 spiro atoms. The van der Waals surface area contributed by atoms with E-state index in [1.807, 2.05) is 17.6 Å². The molecule has 0 unspecified atom stereocenters. The number of hydrogen-bond donors (Lipinski definition) is 1. The Balaban J connectivity index is 1.85. The number of nitrogens with one attached hydrogen (secondary N) is 1. The van der Waals surface area contributed by atoms with Crippen LogP contribution < -0.4 is 5.32 Å². The topological polar surface area (TPSA) is 42.7 Å². The zero-order chi connectivity index (χ0) is 16.6. The van der Waals surface area contributed by atoms with Gasteiger partial charge in [-0.05, 0) is 19.1 Å². The van der Waals surface area contributed by atoms with Crippen LogP contribution in [0.15, 0.2) is 24.5 Å². The molecular weight excluding hydrogens is 362 g/mol. The zero-order valence-electron chi connectivity index (χ0n) is 12.1. The van der Waals surface area contributed by atoms with Gasteiger partial charge in [0, 0.05) is 30.2 Å². The maximum Gasteiger partial charge on any atom is 0.144 e. The van der Waals surface area contributed by atoms with Gasteiger partial charge in [0.1, 0.15) is 23.1 Å². The Kier molecular flexibility index (Phi) is 4.62. The van der Waals surface area contributed by atoms with Crippen molar-refractivity contribution < 1.29 is 4.39 Å². The monoisotopic (exact) mass is 372 g/mol. The highest BCUT2D eigenvalue weighted by molar-refractivity contribution is 6.45. The summed E-state index contributed by atoms with van der Waals surface area (Å²) < 4.78 is 15.7. The van der Waals surface area contributed by atoms with Crippen LogP contribution in [-0.4, -0.2) is 21.1 Å². The molecule has 0 atom stereocenters. The number of aromatic nitrogens is 3. The van der Waals surface area contributed by atoms with E-state index in [4.69, 9.17) is 34.8 Å². The molecule has 2 aromatic heterocycles. The van der Waals surface area contributed by atoms with Crippen LogP contribution in [0.2, 0.25) is 15.2 Å². The Morgan fingerprint density at radius 3 is 2.65 bits per heavy atom. The van der Waals surface area contributed by atoms with Crippen molar-refractivity contribution >= 4 is 51.5 Å². The molecular formula is C15H12Cl3FN4. The van der Waals surface area contributed by atoms with Gasteiger partial charge < -0.3 is 9.88 Å². The first-order chi connectivity index (χ1) is 11.0. The first kappa shape index (κ1) is 16.3. The third kappa shape index (κ3) is 3.22. The number of fused-ring (bicyclic) bond motifs is 1. The third-order valence-electron chi connectivity index (χ3n) is 3.50. The van der Waals surface area contributed by atoms with Crippen molar-refractivity contribution in [2.75, 3.05) is 11.9 Å². The highest BCUT2D eigenvalue weighted by atomic mass is 35.5. The molecule has 0 aliphatic heterocycles. The predicted octanol–water partition coefficient (Wildman–Crippen LogP) is 4.95. The normalized spacial score (nSPS) is 11.2. The van der Waals surface area contributed by atoms with Gasteiger partial charge in [-0.3, -0.25) is 0 Å². The fraction of sp³-hybridized carbons (Fsp3) is 0.200. The second kappa shape index (κ2) is 6.51. The molecule has 0 fully saturated rings. The van der Waals surface area contributed by atoms with Crippen molar-refractivity contribution in [3.8, 4) is 0 Å². The quantitative estimate of drug-likeness (QED) is 0.520. The van der Waals surface area contributed by atoms with Crippen LogP contribution in [0.3, 0.4) is 0 Å². The van der Waals surface area contributed by atoms with Gasteiger partial charge in [-0.2, -0.15) is 0 Å². The number of nitrogens with zero attached hydrogens (tertiary/aromatic N) is 3. The van der Waals surface area contributed by atoms with E-state index < -0.39 is 5.82 Å². The van der Waals surface area contributed by atoms with E-state index in [1.54, 1.807) is 6.07 Å². The van der Waals surface area contributed by atoms with Crippen molar-refractivity contribution in [1.82, 2.24) is 14.5 Å². The SMILES string of the molecule is Cc1cc2cc(F)c(Cl)c(Cl)c2n1CCNc1cc(Cl)ncn1. The third-order valence-corrected chi connectivity index (χ3v) is 4.54. The summed E-state index contributed by atoms with van der Waals surface area (Å²) in [5.41, 5.74) is 1.68. The maximum atomic E-state index is 13.7. The summed E-state index contributed by atoms with van der Waals surface area (Å²) in [7, 11) is 0. The van der Waals surface area contributed by atoms with Crippen molar-refractivity contribution in [2.24, 2.45) is 0 Å². The molecule has 0 saturated carbocycles. The van der Waals surface area contributed by atoms with Gasteiger partial charge >= 0.3 is 0 Å². The predicted molar refractivity (Wildman–Crippen MR) is 92.2 cm³/mol. The van der Waals surface area contributed by atoms with Crippen molar-refractivity contribution in [3.63, 3.8) is 0 Å². The lowest BCUT2D eigenvalue weighted by molar-refractivity contribution is 0.630. The number of benzene rings is 1. The second-order valence-corrected chi connectivity index (χ2v) is 6.16. The van der Waals surface area contributed by atoms with Gasteiger partial charge in [0.05, 0.1) is 15.6 Å². The zero-order valence-corrected chi connectivity index (χ0v) is 14.3. The molecule has 23 heavy (non-hydrogen) atoms. The first-order valence-electron chi connectivity index (χ1n) is 6.82. The minimum atomic E-state index is -0.518. The van der Waals surface area contributed by atoms with Gasteiger partial charge in [0.25, 0.3) is 0 Å². The fourth-order valence-corrected chi connectivity index (χ4v) is 3.07. The van der Waals surface area contributed by atoms with E-state index in [9.17, 15) is 4.39 Å². The van der Waals surface area contributed by atoms with E-state index in [-0.39, 0.29) is 10.0 Å². The average molecular weight is 374 g/mol. The minimum absolute atomic E-state index is 0.0611. The standard InChI is InChI=1S/C15H12Cl3FN4/c1-8-4-9-5-10(19)13(17)14(18)15(9)23(8)3-2-20-12-6-11(16)21-7-22-12/h4-7H,2-3H2,1H3,(H,20,21,22). The van der Waals surface area contributed by atoms with Crippen molar-refractivity contribution in [1.29, 1.82) is 0 Å². The largest absolute Gasteiger partial charge is 0.368 e. The summed E-state index contributed by atoms with van der Waals surface area (Å²) in [6.45, 7) is 3.13. The molecule has 3 aromatic rings. The summed E-state index contributed by atoms with van der Waals surface area (Å²) in [6.07, 6.45) is 1.39. The molecule has 120 valence electrons. The highest BCUT2D eigenvalue weighted by Gasteiger charge is 2.15. The molecule has 0 bridgehead atoms. The number of rotatable bonds is 4. The van der Waals surface area contributed by atoms with Gasteiger partial charge in [-0.15, -0.1) is 0 Å². The molecule has 0 amide bonds. The van der Waals surface area contributed by atoms with Crippen molar-refractivity contribution in [2.45, 2.75) is 13.5 Å². The van der Waals surface area contributed by atoms with Gasteiger partial charge in [-0.1, -0.05) is 34.8 Å². The van der Waals surface area contributed by atoms with Crippen molar-refractivity contribution in [3.05, 3.63) is 51.2 Å². The van der Waals surface area contributed by atoms with E-state index in [0.717, 1.165) is 16.6 Å². The number of anilines is 1. The van der Waals surface area contributed by atoms with E-state index in [0.29, 0.717) is 24.1 Å². The van der Waals surface area contributed by atoms with Gasteiger partial charge in [0.15, 0.2) is 0 Å². The van der Waals surface area contributed by atoms with E-state index >= 15 is 0 Å². The molecule has 0 radical (unpaired) electrons. The molecule has 1 N–H and O–H groups in total. The Labute approximate surface area is 147 Å². The molecule has 0 saturated heterocycles. The smallest absolute Gasteiger partial charge is 0.144 e. The summed E-state index contributed by atoms with van der Waals surface area (Å²) in [4.78, 5) is 7.90. The van der Waals surface area contributed by atoms with Gasteiger partial charge in [-0.25, -0.2) is 14.4 Å². The maximum absolute atomic E-state index is 13.7. The molecule has 8 heteroatoms. The highest BCUT2D eigenvalue weighted by Crippen LogP contribution is 2.35. The summed E-state index contributed by atoms with van der Waals surface area (Å²) in [5.74, 6) is 0.115. The average Bonchev–Trinajstić information content (AvgIpc) is 2.81. The van der Waals surface area contributed by atoms with Crippen LogP contribution >= 0.6 is 34.8 Å². The lowest BCUT2D eigenvalue weighted by Gasteiger charge is -2.11. The van der Waals surface area contributed by atoms with Gasteiger partial charge in [0.2, 0.25) is 0 Å². The Morgan fingerprint density at radius 1 is 1.13 bits per heavy atom. The Morgan fingerprint density at radius 2 is 1.91 bits per heavy atom. The number of aryl methyl sites for hydroxylation is 1. The molecule has 0 aliphatic rings. The fourth-order valence-electron chi connectivity index (χ4n) is 2.48. The Hall–Kier alpha value is -1.56. The molecule has 1 aromatic carbocycles. The molecule has 2 heterocycles. The summed E-state index contributed by atoms with van der Waals surface area (Å²) >= 11 is 17.9. The Bertz CT molecular complexity index is 879. The summed E-state index contributed by atoms with van der Waals surface area (Å²) in [5, 5.41) is 4.41. The minimum Gasteiger partial charge on any atom is -0.368 e. The number of hydrogen-bond acceptors (Lipinski definition) is 3. The van der Waals surface area contributed by atoms with Crippen LogP contribution in [0.25, 0.3) is 10.9 Å². The lowest BCUT2D eigenvalue weighted by Crippen LogP contribution is -2.12. The van der Waals surface area contributed by atoms with Crippen LogP contribution in [0.4, 0.5) is 10.2 Å². The molecule has 0 aliphatic carbocycles. The first-order valence-corrected chi connectivity index (χ1v) is 7.95.